The van der Waals surface area contributed by atoms with Gasteiger partial charge < -0.3 is 15.6 Å². The van der Waals surface area contributed by atoms with E-state index in [0.29, 0.717) is 12.7 Å². The van der Waals surface area contributed by atoms with Gasteiger partial charge in [-0.25, -0.2) is 0 Å². The molecule has 0 amide bonds. The highest BCUT2D eigenvalue weighted by atomic mass is 35.5. The molecule has 0 aliphatic carbocycles. The lowest BCUT2D eigenvalue weighted by Gasteiger charge is -2.03. The van der Waals surface area contributed by atoms with E-state index in [1.54, 1.807) is 0 Å². The molecule has 11 heavy (non-hydrogen) atoms. The van der Waals surface area contributed by atoms with Gasteiger partial charge in [-0.1, -0.05) is 0 Å². The predicted octanol–water partition coefficient (Wildman–Crippen LogP) is 0.189. The highest BCUT2D eigenvalue weighted by Gasteiger charge is 2.03. The molecule has 0 radical (unpaired) electrons. The monoisotopic (exact) mass is 181 g/mol. The van der Waals surface area contributed by atoms with E-state index in [-0.39, 0.29) is 31.3 Å². The Morgan fingerprint density at radius 1 is 1.64 bits per heavy atom. The number of halogens is 1. The van der Waals surface area contributed by atoms with E-state index in [2.05, 4.69) is 0 Å². The highest BCUT2D eigenvalue weighted by molar-refractivity contribution is 5.85. The van der Waals surface area contributed by atoms with Gasteiger partial charge in [-0.3, -0.25) is 4.79 Å². The fraction of sp³-hybridized carbons (Fsp3) is 0.667. The third-order valence-corrected chi connectivity index (χ3v) is 1.13. The Morgan fingerprint density at radius 3 is 2.55 bits per heavy atom. The maximum absolute atomic E-state index is 9.96. The number of carbonyl (C=O) groups is 2. The summed E-state index contributed by atoms with van der Waals surface area (Å²) in [5.74, 6) is -0.874. The van der Waals surface area contributed by atoms with Crippen molar-refractivity contribution < 1.29 is 14.7 Å². The summed E-state index contributed by atoms with van der Waals surface area (Å²) in [7, 11) is 0. The van der Waals surface area contributed by atoms with Gasteiger partial charge in [0.25, 0.3) is 0 Å². The first-order valence-corrected chi connectivity index (χ1v) is 3.08. The number of carbonyl (C=O) groups excluding carboxylic acids is 1. The second-order valence-corrected chi connectivity index (χ2v) is 2.09. The zero-order valence-corrected chi connectivity index (χ0v) is 6.84. The quantitative estimate of drug-likeness (QED) is 0.594. The summed E-state index contributed by atoms with van der Waals surface area (Å²) < 4.78 is 0. The molecular weight excluding hydrogens is 170 g/mol. The molecule has 0 spiro atoms. The summed E-state index contributed by atoms with van der Waals surface area (Å²) in [6, 6.07) is -0.298. The van der Waals surface area contributed by atoms with E-state index in [1.807, 2.05) is 0 Å². The summed E-state index contributed by atoms with van der Waals surface area (Å²) in [4.78, 5) is 19.8. The van der Waals surface area contributed by atoms with Crippen molar-refractivity contribution in [2.45, 2.75) is 25.3 Å². The van der Waals surface area contributed by atoms with Crippen molar-refractivity contribution in [2.24, 2.45) is 5.73 Å². The third-order valence-electron chi connectivity index (χ3n) is 1.13. The second-order valence-electron chi connectivity index (χ2n) is 2.09. The predicted molar refractivity (Wildman–Crippen MR) is 42.8 cm³/mol. The lowest BCUT2D eigenvalue weighted by Crippen LogP contribution is -2.21. The van der Waals surface area contributed by atoms with E-state index in [0.717, 1.165) is 0 Å². The topological polar surface area (TPSA) is 80.4 Å². The van der Waals surface area contributed by atoms with Crippen LogP contribution in [0, 0.1) is 0 Å². The van der Waals surface area contributed by atoms with Gasteiger partial charge >= 0.3 is 5.97 Å². The van der Waals surface area contributed by atoms with Crippen molar-refractivity contribution in [3.8, 4) is 0 Å². The average Bonchev–Trinajstić information content (AvgIpc) is 1.85. The zero-order chi connectivity index (χ0) is 7.98. The van der Waals surface area contributed by atoms with Crippen molar-refractivity contribution >= 4 is 24.7 Å². The van der Waals surface area contributed by atoms with Crippen LogP contribution in [0.2, 0.25) is 0 Å². The molecule has 0 saturated heterocycles. The Morgan fingerprint density at radius 2 is 2.18 bits per heavy atom. The lowest BCUT2D eigenvalue weighted by atomic mass is 10.1. The molecule has 0 fully saturated rings. The molecule has 0 bridgehead atoms. The molecule has 3 N–H and O–H groups in total. The van der Waals surface area contributed by atoms with Crippen molar-refractivity contribution in [3.63, 3.8) is 0 Å². The molecule has 0 aliphatic rings. The smallest absolute Gasteiger partial charge is 0.303 e. The van der Waals surface area contributed by atoms with E-state index in [9.17, 15) is 9.59 Å². The Hall–Kier alpha value is -0.610. The number of hydrogen-bond acceptors (Lipinski definition) is 3. The van der Waals surface area contributed by atoms with Crippen molar-refractivity contribution in [1.82, 2.24) is 0 Å². The molecule has 0 aromatic heterocycles. The Labute approximate surface area is 71.2 Å². The second kappa shape index (κ2) is 7.50. The molecule has 0 aromatic rings. The van der Waals surface area contributed by atoms with E-state index in [1.165, 1.54) is 0 Å². The molecule has 0 rings (SSSR count). The largest absolute Gasteiger partial charge is 0.481 e. The van der Waals surface area contributed by atoms with E-state index in [4.69, 9.17) is 10.8 Å². The summed E-state index contributed by atoms with van der Waals surface area (Å²) in [6.45, 7) is 0. The number of carboxylic acid groups (broad SMARTS) is 1. The Kier molecular flexibility index (Phi) is 8.87. The van der Waals surface area contributed by atoms with Crippen LogP contribution in [0.3, 0.4) is 0 Å². The van der Waals surface area contributed by atoms with Gasteiger partial charge in [-0.15, -0.1) is 12.4 Å². The minimum atomic E-state index is -0.874. The Balaban J connectivity index is 0. The lowest BCUT2D eigenvalue weighted by molar-refractivity contribution is -0.137. The van der Waals surface area contributed by atoms with Crippen LogP contribution in [0.4, 0.5) is 0 Å². The van der Waals surface area contributed by atoms with Gasteiger partial charge in [0.05, 0.1) is 0 Å². The number of aliphatic carboxylic acids is 1. The molecule has 0 saturated carbocycles. The number of hydrogen-bond donors (Lipinski definition) is 2. The van der Waals surface area contributed by atoms with E-state index < -0.39 is 5.97 Å². The molecule has 1 atom stereocenters. The van der Waals surface area contributed by atoms with Gasteiger partial charge in [0, 0.05) is 18.9 Å². The van der Waals surface area contributed by atoms with Gasteiger partial charge in [0.15, 0.2) is 0 Å². The Bertz CT molecular complexity index is 129. The summed E-state index contributed by atoms with van der Waals surface area (Å²) in [5.41, 5.74) is 5.34. The van der Waals surface area contributed by atoms with Crippen LogP contribution in [0.5, 0.6) is 0 Å². The molecule has 66 valence electrons. The minimum Gasteiger partial charge on any atom is -0.481 e. The highest BCUT2D eigenvalue weighted by Crippen LogP contribution is 1.96. The SMILES string of the molecule is Cl.NC(CC=O)CCC(=O)O. The molecule has 0 heterocycles. The van der Waals surface area contributed by atoms with E-state index >= 15 is 0 Å². The summed E-state index contributed by atoms with van der Waals surface area (Å²) in [5, 5.41) is 8.19. The maximum atomic E-state index is 9.96. The summed E-state index contributed by atoms with van der Waals surface area (Å²) >= 11 is 0. The number of aldehydes is 1. The fourth-order valence-corrected chi connectivity index (χ4v) is 0.550. The third kappa shape index (κ3) is 9.39. The fourth-order valence-electron chi connectivity index (χ4n) is 0.550. The van der Waals surface area contributed by atoms with Gasteiger partial charge in [-0.2, -0.15) is 0 Å². The summed E-state index contributed by atoms with van der Waals surface area (Å²) in [6.07, 6.45) is 1.35. The molecule has 4 nitrogen and oxygen atoms in total. The van der Waals surface area contributed by atoms with Crippen molar-refractivity contribution in [2.75, 3.05) is 0 Å². The molecule has 1 unspecified atom stereocenters. The van der Waals surface area contributed by atoms with Crippen LogP contribution in [0.15, 0.2) is 0 Å². The zero-order valence-electron chi connectivity index (χ0n) is 6.03. The van der Waals surface area contributed by atoms with Crippen molar-refractivity contribution in [3.05, 3.63) is 0 Å². The average molecular weight is 182 g/mol. The molecule has 0 aromatic carbocycles. The first kappa shape index (κ1) is 13.0. The standard InChI is InChI=1S/C6H11NO3.ClH/c7-5(3-4-8)1-2-6(9)10;/h4-5H,1-3,7H2,(H,9,10);1H. The van der Waals surface area contributed by atoms with Gasteiger partial charge in [0.1, 0.15) is 6.29 Å². The molecule has 5 heteroatoms. The van der Waals surface area contributed by atoms with Gasteiger partial charge in [-0.05, 0) is 6.42 Å². The normalized spacial score (nSPS) is 11.4. The van der Waals surface area contributed by atoms with Crippen LogP contribution in [-0.2, 0) is 9.59 Å². The minimum absolute atomic E-state index is 0. The van der Waals surface area contributed by atoms with Crippen LogP contribution < -0.4 is 5.73 Å². The maximum Gasteiger partial charge on any atom is 0.303 e. The van der Waals surface area contributed by atoms with Crippen molar-refractivity contribution in [1.29, 1.82) is 0 Å². The molecule has 0 aliphatic heterocycles. The van der Waals surface area contributed by atoms with Crippen LogP contribution in [0.25, 0.3) is 0 Å². The van der Waals surface area contributed by atoms with Crippen LogP contribution in [-0.4, -0.2) is 23.4 Å². The first-order valence-electron chi connectivity index (χ1n) is 3.08. The first-order chi connectivity index (χ1) is 4.66. The number of carboxylic acids is 1. The molecular formula is C6H12ClNO3. The number of nitrogens with two attached hydrogens (primary N) is 1. The van der Waals surface area contributed by atoms with Crippen LogP contribution in [0.1, 0.15) is 19.3 Å². The number of rotatable bonds is 5. The van der Waals surface area contributed by atoms with Gasteiger partial charge in [0.2, 0.25) is 0 Å². The van der Waals surface area contributed by atoms with Crippen LogP contribution >= 0.6 is 12.4 Å².